The van der Waals surface area contributed by atoms with Gasteiger partial charge in [-0.2, -0.15) is 13.2 Å². The Kier molecular flexibility index (Phi) is 7.60. The predicted octanol–water partition coefficient (Wildman–Crippen LogP) is 7.05. The number of hydrogen-bond donors (Lipinski definition) is 1. The van der Waals surface area contributed by atoms with Gasteiger partial charge in [-0.3, -0.25) is 4.79 Å². The van der Waals surface area contributed by atoms with Crippen molar-refractivity contribution in [1.82, 2.24) is 0 Å². The van der Waals surface area contributed by atoms with Crippen molar-refractivity contribution in [2.75, 3.05) is 6.61 Å². The zero-order valence-corrected chi connectivity index (χ0v) is 21.5. The maximum Gasteiger partial charge on any atom is 0.435 e. The number of primary amides is 1. The van der Waals surface area contributed by atoms with Crippen LogP contribution < -0.4 is 5.73 Å². The summed E-state index contributed by atoms with van der Waals surface area (Å²) in [4.78, 5) is 22.5. The average Bonchev–Trinajstić information content (AvgIpc) is 3.31. The minimum absolute atomic E-state index is 0.00902. The summed E-state index contributed by atoms with van der Waals surface area (Å²) in [6.45, 7) is 2.10. The maximum atomic E-state index is 14.5. The van der Waals surface area contributed by atoms with E-state index in [0.29, 0.717) is 28.5 Å². The lowest BCUT2D eigenvalue weighted by Gasteiger charge is -2.30. The lowest BCUT2D eigenvalue weighted by Crippen LogP contribution is -2.42. The summed E-state index contributed by atoms with van der Waals surface area (Å²) >= 11 is 18.0. The van der Waals surface area contributed by atoms with E-state index in [1.165, 1.54) is 6.21 Å². The molecule has 6 nitrogen and oxygen atoms in total. The smallest absolute Gasteiger partial charge is 0.396 e. The first-order valence-corrected chi connectivity index (χ1v) is 12.1. The summed E-state index contributed by atoms with van der Waals surface area (Å²) in [5, 5.41) is 8.21. The van der Waals surface area contributed by atoms with Gasteiger partial charge in [-0.25, -0.2) is 0 Å². The molecular weight excluding hydrogens is 554 g/mol. The summed E-state index contributed by atoms with van der Waals surface area (Å²) in [7, 11) is 0. The SMILES string of the molecule is CCON=CCc1cc(C2=NOC(c3cc(Cl)c(Cl)c(Cl)c3)(C(F)(F)F)C2)c2ccccc2c1C(N)=O. The van der Waals surface area contributed by atoms with Gasteiger partial charge >= 0.3 is 6.18 Å². The molecule has 1 atom stereocenters. The number of carbonyl (C=O) groups excluding carboxylic acids is 1. The Labute approximate surface area is 224 Å². The largest absolute Gasteiger partial charge is 0.435 e. The molecule has 0 radical (unpaired) electrons. The molecule has 0 spiro atoms. The minimum atomic E-state index is -4.89. The third-order valence-electron chi connectivity index (χ3n) is 5.91. The molecule has 0 fully saturated rings. The van der Waals surface area contributed by atoms with Crippen LogP contribution in [-0.4, -0.2) is 30.6 Å². The van der Waals surface area contributed by atoms with Crippen molar-refractivity contribution in [2.45, 2.75) is 31.5 Å². The second-order valence-electron chi connectivity index (χ2n) is 8.16. The summed E-state index contributed by atoms with van der Waals surface area (Å²) in [5.74, 6) is -0.692. The fraction of sp³-hybridized carbons (Fsp3) is 0.240. The molecule has 0 saturated heterocycles. The lowest BCUT2D eigenvalue weighted by molar-refractivity contribution is -0.275. The molecule has 194 valence electrons. The number of oxime groups is 2. The van der Waals surface area contributed by atoms with Crippen LogP contribution in [0, 0.1) is 0 Å². The van der Waals surface area contributed by atoms with Crippen molar-refractivity contribution < 1.29 is 27.6 Å². The van der Waals surface area contributed by atoms with E-state index in [4.69, 9.17) is 50.2 Å². The number of alkyl halides is 3. The highest BCUT2D eigenvalue weighted by atomic mass is 35.5. The van der Waals surface area contributed by atoms with Crippen molar-refractivity contribution in [1.29, 1.82) is 0 Å². The molecule has 4 rings (SSSR count). The van der Waals surface area contributed by atoms with Crippen molar-refractivity contribution in [3.05, 3.63) is 79.8 Å². The van der Waals surface area contributed by atoms with Crippen molar-refractivity contribution in [3.8, 4) is 0 Å². The van der Waals surface area contributed by atoms with Crippen molar-refractivity contribution >= 4 is 63.4 Å². The molecule has 1 unspecified atom stereocenters. The molecule has 37 heavy (non-hydrogen) atoms. The first-order chi connectivity index (χ1) is 17.5. The molecule has 1 aliphatic heterocycles. The van der Waals surface area contributed by atoms with E-state index in [-0.39, 0.29) is 38.3 Å². The molecule has 0 aliphatic carbocycles. The number of hydrogen-bond acceptors (Lipinski definition) is 5. The number of carbonyl (C=O) groups is 1. The van der Waals surface area contributed by atoms with Gasteiger partial charge in [0.15, 0.2) is 0 Å². The third-order valence-corrected chi connectivity index (χ3v) is 7.11. The van der Waals surface area contributed by atoms with E-state index in [1.54, 1.807) is 37.3 Å². The first-order valence-electron chi connectivity index (χ1n) is 11.0. The van der Waals surface area contributed by atoms with Gasteiger partial charge in [-0.05, 0) is 41.5 Å². The maximum absolute atomic E-state index is 14.5. The van der Waals surface area contributed by atoms with Gasteiger partial charge in [0, 0.05) is 30.2 Å². The molecule has 3 aromatic rings. The van der Waals surface area contributed by atoms with Gasteiger partial charge in [-0.1, -0.05) is 69.4 Å². The number of amides is 1. The molecule has 3 aromatic carbocycles. The number of rotatable bonds is 7. The van der Waals surface area contributed by atoms with Crippen LogP contribution in [0.2, 0.25) is 15.1 Å². The topological polar surface area (TPSA) is 86.3 Å². The molecule has 0 saturated carbocycles. The predicted molar refractivity (Wildman–Crippen MR) is 138 cm³/mol. The average molecular weight is 573 g/mol. The van der Waals surface area contributed by atoms with Gasteiger partial charge in [0.05, 0.1) is 26.3 Å². The van der Waals surface area contributed by atoms with Crippen LogP contribution in [-0.2, 0) is 21.7 Å². The van der Waals surface area contributed by atoms with E-state index in [0.717, 1.165) is 12.1 Å². The van der Waals surface area contributed by atoms with Crippen LogP contribution in [0.3, 0.4) is 0 Å². The highest BCUT2D eigenvalue weighted by molar-refractivity contribution is 6.48. The van der Waals surface area contributed by atoms with E-state index >= 15 is 0 Å². The molecule has 1 aliphatic rings. The standard InChI is InChI=1S/C25H19Cl3F3N3O3/c1-2-36-33-8-7-13-9-17(15-5-3-4-6-16(15)21(13)23(32)35)20-12-24(37-34-20,25(29,30)31)14-10-18(26)22(28)19(27)11-14/h3-6,8-11H,2,7,12H2,1H3,(H2,32,35). The monoisotopic (exact) mass is 571 g/mol. The fourth-order valence-corrected chi connectivity index (χ4v) is 4.82. The molecule has 1 heterocycles. The Balaban J connectivity index is 1.87. The number of halogens is 6. The van der Waals surface area contributed by atoms with Crippen LogP contribution in [0.4, 0.5) is 13.2 Å². The van der Waals surface area contributed by atoms with Crippen molar-refractivity contribution in [3.63, 3.8) is 0 Å². The van der Waals surface area contributed by atoms with E-state index < -0.39 is 24.1 Å². The summed E-state index contributed by atoms with van der Waals surface area (Å²) in [5.41, 5.74) is 3.49. The number of nitrogens with zero attached hydrogens (tertiary/aromatic N) is 2. The van der Waals surface area contributed by atoms with E-state index in [9.17, 15) is 18.0 Å². The van der Waals surface area contributed by atoms with Crippen LogP contribution >= 0.6 is 34.8 Å². The van der Waals surface area contributed by atoms with Gasteiger partial charge in [-0.15, -0.1) is 0 Å². The lowest BCUT2D eigenvalue weighted by atomic mass is 9.84. The molecular formula is C25H19Cl3F3N3O3. The molecule has 0 bridgehead atoms. The van der Waals surface area contributed by atoms with Crippen LogP contribution in [0.15, 0.2) is 52.8 Å². The Bertz CT molecular complexity index is 1420. The zero-order valence-electron chi connectivity index (χ0n) is 19.2. The highest BCUT2D eigenvalue weighted by Gasteiger charge is 2.62. The zero-order chi connectivity index (χ0) is 27.0. The second-order valence-corrected chi connectivity index (χ2v) is 9.36. The van der Waals surface area contributed by atoms with Crippen molar-refractivity contribution in [2.24, 2.45) is 16.0 Å². The molecule has 1 amide bonds. The fourth-order valence-electron chi connectivity index (χ4n) is 4.22. The van der Waals surface area contributed by atoms with Gasteiger partial charge in [0.25, 0.3) is 5.60 Å². The number of benzene rings is 3. The van der Waals surface area contributed by atoms with E-state index in [2.05, 4.69) is 10.3 Å². The van der Waals surface area contributed by atoms with Gasteiger partial charge in [0.2, 0.25) is 5.91 Å². The normalized spacial score (nSPS) is 17.8. The Hall–Kier alpha value is -3.01. The van der Waals surface area contributed by atoms with E-state index in [1.807, 2.05) is 0 Å². The van der Waals surface area contributed by atoms with Gasteiger partial charge in [0.1, 0.15) is 6.61 Å². The number of fused-ring (bicyclic) bond motifs is 1. The Morgan fingerprint density at radius 3 is 2.43 bits per heavy atom. The Morgan fingerprint density at radius 1 is 1.19 bits per heavy atom. The quantitative estimate of drug-likeness (QED) is 0.187. The summed E-state index contributed by atoms with van der Waals surface area (Å²) in [6.07, 6.45) is -4.00. The summed E-state index contributed by atoms with van der Waals surface area (Å²) < 4.78 is 43.6. The van der Waals surface area contributed by atoms with Crippen LogP contribution in [0.5, 0.6) is 0 Å². The highest BCUT2D eigenvalue weighted by Crippen LogP contribution is 2.51. The Morgan fingerprint density at radius 2 is 1.84 bits per heavy atom. The van der Waals surface area contributed by atoms with Gasteiger partial charge < -0.3 is 15.4 Å². The first kappa shape index (κ1) is 27.0. The summed E-state index contributed by atoms with van der Waals surface area (Å²) in [6, 6.07) is 10.4. The molecule has 2 N–H and O–H groups in total. The van der Waals surface area contributed by atoms with Crippen LogP contribution in [0.25, 0.3) is 10.8 Å². The molecule has 12 heteroatoms. The minimum Gasteiger partial charge on any atom is -0.396 e. The third kappa shape index (κ3) is 4.95. The molecule has 0 aromatic heterocycles. The number of nitrogens with two attached hydrogens (primary N) is 1. The second kappa shape index (κ2) is 10.4. The van der Waals surface area contributed by atoms with Crippen LogP contribution in [0.1, 0.15) is 40.4 Å².